The van der Waals surface area contributed by atoms with Gasteiger partial charge in [-0.25, -0.2) is 0 Å². The number of aliphatic hydroxyl groups is 1. The summed E-state index contributed by atoms with van der Waals surface area (Å²) in [6.45, 7) is 8.56. The number of ether oxygens (including phenoxy) is 1. The lowest BCUT2D eigenvalue weighted by molar-refractivity contribution is -0.130. The molecule has 5 heteroatoms. The molecule has 1 unspecified atom stereocenters. The van der Waals surface area contributed by atoms with E-state index in [1.54, 1.807) is 4.90 Å². The number of hydrogen-bond donors (Lipinski definition) is 2. The Morgan fingerprint density at radius 1 is 1.47 bits per heavy atom. The highest BCUT2D eigenvalue weighted by molar-refractivity contribution is 5.73. The molecular weight excluding hydrogens is 220 g/mol. The van der Waals surface area contributed by atoms with Gasteiger partial charge in [-0.2, -0.15) is 0 Å². The van der Waals surface area contributed by atoms with Crippen molar-refractivity contribution in [2.45, 2.75) is 39.8 Å². The van der Waals surface area contributed by atoms with Crippen molar-refractivity contribution < 1.29 is 14.6 Å². The fourth-order valence-electron chi connectivity index (χ4n) is 1.46. The quantitative estimate of drug-likeness (QED) is 0.437. The average Bonchev–Trinajstić information content (AvgIpc) is 2.30. The maximum atomic E-state index is 11.4. The van der Waals surface area contributed by atoms with Gasteiger partial charge in [-0.05, 0) is 26.3 Å². The molecule has 2 N–H and O–H groups in total. The van der Waals surface area contributed by atoms with Gasteiger partial charge in [0.2, 0.25) is 5.91 Å². The van der Waals surface area contributed by atoms with Crippen LogP contribution in [0, 0.1) is 0 Å². The fraction of sp³-hybridized carbons (Fsp3) is 0.917. The van der Waals surface area contributed by atoms with Crippen molar-refractivity contribution in [1.29, 1.82) is 0 Å². The molecule has 1 amide bonds. The van der Waals surface area contributed by atoms with E-state index >= 15 is 0 Å². The first-order valence-electron chi connectivity index (χ1n) is 6.36. The van der Waals surface area contributed by atoms with Gasteiger partial charge in [0.25, 0.3) is 0 Å². The maximum absolute atomic E-state index is 11.4. The van der Waals surface area contributed by atoms with Gasteiger partial charge in [-0.15, -0.1) is 0 Å². The first-order valence-corrected chi connectivity index (χ1v) is 6.36. The molecule has 0 aliphatic rings. The summed E-state index contributed by atoms with van der Waals surface area (Å²) in [5.41, 5.74) is 0. The van der Waals surface area contributed by atoms with Gasteiger partial charge >= 0.3 is 0 Å². The van der Waals surface area contributed by atoms with Gasteiger partial charge in [0.15, 0.2) is 0 Å². The summed E-state index contributed by atoms with van der Waals surface area (Å²) < 4.78 is 5.22. The Bertz CT molecular complexity index is 200. The van der Waals surface area contributed by atoms with Crippen molar-refractivity contribution in [2.24, 2.45) is 0 Å². The molecule has 0 bridgehead atoms. The zero-order valence-electron chi connectivity index (χ0n) is 11.2. The molecular formula is C12H26N2O3. The topological polar surface area (TPSA) is 61.8 Å². The van der Waals surface area contributed by atoms with Gasteiger partial charge < -0.3 is 14.7 Å². The summed E-state index contributed by atoms with van der Waals surface area (Å²) in [4.78, 5) is 13.0. The van der Waals surface area contributed by atoms with E-state index in [4.69, 9.17) is 4.74 Å². The van der Waals surface area contributed by atoms with Crippen molar-refractivity contribution in [3.05, 3.63) is 0 Å². The lowest BCUT2D eigenvalue weighted by Crippen LogP contribution is -2.43. The second-order valence-electron chi connectivity index (χ2n) is 3.99. The highest BCUT2D eigenvalue weighted by Crippen LogP contribution is 1.96. The van der Waals surface area contributed by atoms with E-state index in [0.29, 0.717) is 26.3 Å². The number of nitrogens with zero attached hydrogens (tertiary/aromatic N) is 1. The zero-order valence-corrected chi connectivity index (χ0v) is 11.2. The highest BCUT2D eigenvalue weighted by atomic mass is 16.5. The number of hydrogen-bond acceptors (Lipinski definition) is 4. The number of aliphatic hydroxyl groups excluding tert-OH is 1. The molecule has 0 aliphatic carbocycles. The minimum atomic E-state index is -0.647. The largest absolute Gasteiger partial charge is 0.382 e. The minimum absolute atomic E-state index is 0.0150. The Morgan fingerprint density at radius 3 is 2.71 bits per heavy atom. The van der Waals surface area contributed by atoms with Gasteiger partial charge in [0, 0.05) is 26.7 Å². The van der Waals surface area contributed by atoms with E-state index in [-0.39, 0.29) is 5.91 Å². The van der Waals surface area contributed by atoms with Crippen LogP contribution in [0.2, 0.25) is 0 Å². The van der Waals surface area contributed by atoms with Crippen LogP contribution < -0.4 is 5.32 Å². The molecule has 1 atom stereocenters. The third-order valence-electron chi connectivity index (χ3n) is 2.39. The maximum Gasteiger partial charge on any atom is 0.219 e. The van der Waals surface area contributed by atoms with Crippen molar-refractivity contribution in [3.8, 4) is 0 Å². The lowest BCUT2D eigenvalue weighted by Gasteiger charge is -2.24. The van der Waals surface area contributed by atoms with Crippen LogP contribution in [0.4, 0.5) is 0 Å². The Hall–Kier alpha value is -0.650. The fourth-order valence-corrected chi connectivity index (χ4v) is 1.46. The van der Waals surface area contributed by atoms with Gasteiger partial charge in [0.1, 0.15) is 6.23 Å². The van der Waals surface area contributed by atoms with E-state index in [9.17, 15) is 9.90 Å². The van der Waals surface area contributed by atoms with Crippen LogP contribution in [0.15, 0.2) is 0 Å². The molecule has 17 heavy (non-hydrogen) atoms. The summed E-state index contributed by atoms with van der Waals surface area (Å²) in [5, 5.41) is 12.6. The number of amides is 1. The molecule has 0 aromatic carbocycles. The van der Waals surface area contributed by atoms with E-state index in [1.807, 2.05) is 13.8 Å². The zero-order chi connectivity index (χ0) is 13.1. The predicted molar refractivity (Wildman–Crippen MR) is 67.7 cm³/mol. The Kier molecular flexibility index (Phi) is 10.1. The van der Waals surface area contributed by atoms with Gasteiger partial charge in [-0.1, -0.05) is 6.92 Å². The molecule has 0 heterocycles. The first-order chi connectivity index (χ1) is 8.11. The number of carbonyl (C=O) groups excluding carboxylic acids is 1. The molecule has 5 nitrogen and oxygen atoms in total. The van der Waals surface area contributed by atoms with Crippen molar-refractivity contribution >= 4 is 5.91 Å². The number of nitrogens with one attached hydrogen (secondary N) is 1. The van der Waals surface area contributed by atoms with Crippen LogP contribution >= 0.6 is 0 Å². The standard InChI is InChI=1S/C12H26N2O3/c1-4-7-13-12(16)10-14(11(3)15)8-6-9-17-5-2/h12-13,16H,4-10H2,1-3H3. The summed E-state index contributed by atoms with van der Waals surface area (Å²) in [5.74, 6) is -0.0150. The monoisotopic (exact) mass is 246 g/mol. The molecule has 0 spiro atoms. The Balaban J connectivity index is 3.85. The van der Waals surface area contributed by atoms with Crippen LogP contribution in [0.3, 0.4) is 0 Å². The molecule has 0 aromatic rings. The summed E-state index contributed by atoms with van der Waals surface area (Å²) in [6, 6.07) is 0. The SMILES string of the molecule is CCCNC(O)CN(CCCOCC)C(C)=O. The number of carbonyl (C=O) groups is 1. The molecule has 0 saturated carbocycles. The molecule has 0 aliphatic heterocycles. The molecule has 0 aromatic heterocycles. The average molecular weight is 246 g/mol. The summed E-state index contributed by atoms with van der Waals surface area (Å²) in [6.07, 6.45) is 1.11. The highest BCUT2D eigenvalue weighted by Gasteiger charge is 2.13. The molecule has 0 rings (SSSR count). The summed E-state index contributed by atoms with van der Waals surface area (Å²) in [7, 11) is 0. The lowest BCUT2D eigenvalue weighted by atomic mass is 10.3. The van der Waals surface area contributed by atoms with E-state index in [0.717, 1.165) is 19.4 Å². The van der Waals surface area contributed by atoms with E-state index < -0.39 is 6.23 Å². The van der Waals surface area contributed by atoms with Crippen LogP contribution in [-0.2, 0) is 9.53 Å². The van der Waals surface area contributed by atoms with Crippen LogP contribution in [0.25, 0.3) is 0 Å². The second kappa shape index (κ2) is 10.5. The van der Waals surface area contributed by atoms with Crippen LogP contribution in [0.1, 0.15) is 33.6 Å². The minimum Gasteiger partial charge on any atom is -0.382 e. The van der Waals surface area contributed by atoms with Crippen molar-refractivity contribution in [1.82, 2.24) is 10.2 Å². The Labute approximate surface area is 104 Å². The predicted octanol–water partition coefficient (Wildman–Crippen LogP) is 0.579. The molecule has 0 saturated heterocycles. The second-order valence-corrected chi connectivity index (χ2v) is 3.99. The molecule has 102 valence electrons. The smallest absolute Gasteiger partial charge is 0.219 e. The Morgan fingerprint density at radius 2 is 2.18 bits per heavy atom. The first kappa shape index (κ1) is 16.4. The van der Waals surface area contributed by atoms with Crippen molar-refractivity contribution in [2.75, 3.05) is 32.8 Å². The van der Waals surface area contributed by atoms with Gasteiger partial charge in [-0.3, -0.25) is 10.1 Å². The van der Waals surface area contributed by atoms with Crippen LogP contribution in [0.5, 0.6) is 0 Å². The molecule has 0 radical (unpaired) electrons. The van der Waals surface area contributed by atoms with Crippen molar-refractivity contribution in [3.63, 3.8) is 0 Å². The summed E-state index contributed by atoms with van der Waals surface area (Å²) >= 11 is 0. The number of rotatable bonds is 10. The van der Waals surface area contributed by atoms with E-state index in [2.05, 4.69) is 5.32 Å². The van der Waals surface area contributed by atoms with Gasteiger partial charge in [0.05, 0.1) is 6.54 Å². The third kappa shape index (κ3) is 9.09. The molecule has 0 fully saturated rings. The van der Waals surface area contributed by atoms with Crippen LogP contribution in [-0.4, -0.2) is 55.0 Å². The third-order valence-corrected chi connectivity index (χ3v) is 2.39. The van der Waals surface area contributed by atoms with E-state index in [1.165, 1.54) is 6.92 Å². The normalized spacial score (nSPS) is 12.5.